The molecule has 1 heterocycles. The van der Waals surface area contributed by atoms with Crippen LogP contribution in [0.2, 0.25) is 0 Å². The van der Waals surface area contributed by atoms with Crippen LogP contribution in [-0.4, -0.2) is 66.3 Å². The van der Waals surface area contributed by atoms with Crippen LogP contribution in [0.1, 0.15) is 54.9 Å². The number of rotatable bonds is 4. The zero-order valence-corrected chi connectivity index (χ0v) is 19.9. The van der Waals surface area contributed by atoms with Gasteiger partial charge in [0.15, 0.2) is 5.96 Å². The summed E-state index contributed by atoms with van der Waals surface area (Å²) >= 11 is 0. The summed E-state index contributed by atoms with van der Waals surface area (Å²) in [7, 11) is 0. The number of hydrogen-bond donors (Lipinski definition) is 2. The lowest BCUT2D eigenvalue weighted by molar-refractivity contribution is -0.152. The third-order valence-corrected chi connectivity index (χ3v) is 3.32. The summed E-state index contributed by atoms with van der Waals surface area (Å²) in [4.78, 5) is 30.2. The van der Waals surface area contributed by atoms with Gasteiger partial charge in [0.25, 0.3) is 0 Å². The Hall–Kier alpha value is -1.26. The van der Waals surface area contributed by atoms with Gasteiger partial charge >= 0.3 is 12.1 Å². The van der Waals surface area contributed by atoms with Crippen molar-refractivity contribution in [3.63, 3.8) is 0 Å². The summed E-state index contributed by atoms with van der Waals surface area (Å²) in [5.41, 5.74) is -1.05. The number of hydrogen-bond acceptors (Lipinski definition) is 5. The number of aliphatic imine (C=N–C) groups is 1. The summed E-state index contributed by atoms with van der Waals surface area (Å²) in [5, 5.41) is 6.06. The van der Waals surface area contributed by atoms with E-state index in [0.717, 1.165) is 13.0 Å². The minimum atomic E-state index is -0.527. The van der Waals surface area contributed by atoms with Crippen LogP contribution in [0, 0.1) is 0 Å². The topological polar surface area (TPSA) is 92.3 Å². The number of amides is 1. The van der Waals surface area contributed by atoms with Crippen molar-refractivity contribution in [2.24, 2.45) is 4.99 Å². The summed E-state index contributed by atoms with van der Waals surface area (Å²) in [5.74, 6) is 0.280. The van der Waals surface area contributed by atoms with Crippen LogP contribution in [0.15, 0.2) is 4.99 Å². The van der Waals surface area contributed by atoms with E-state index >= 15 is 0 Å². The number of guanidine groups is 1. The molecule has 158 valence electrons. The third kappa shape index (κ3) is 11.2. The Morgan fingerprint density at radius 2 is 1.70 bits per heavy atom. The lowest BCUT2D eigenvalue weighted by Crippen LogP contribution is -2.44. The fourth-order valence-corrected chi connectivity index (χ4v) is 2.48. The standard InChI is InChI=1S/C18H34N4O4.HI/c1-8-19-15(20-11-14(23)25-17(2,3)4)22-10-9-13(12-22)21-16(24)26-18(5,6)7;/h13H,8-12H2,1-7H3,(H,19,20)(H,21,24);1H/t13-;/m1./s1. The molecule has 0 unspecified atom stereocenters. The Balaban J connectivity index is 0.00000676. The van der Waals surface area contributed by atoms with E-state index in [1.807, 2.05) is 53.4 Å². The minimum Gasteiger partial charge on any atom is -0.459 e. The molecule has 9 heteroatoms. The highest BCUT2D eigenvalue weighted by Gasteiger charge is 2.28. The van der Waals surface area contributed by atoms with Crippen molar-refractivity contribution in [3.05, 3.63) is 0 Å². The average Bonchev–Trinajstić information content (AvgIpc) is 2.87. The van der Waals surface area contributed by atoms with Gasteiger partial charge in [0.1, 0.15) is 17.7 Å². The largest absolute Gasteiger partial charge is 0.459 e. The SMILES string of the molecule is CCNC(=NCC(=O)OC(C)(C)C)N1CC[C@@H](NC(=O)OC(C)(C)C)C1.I. The molecule has 0 aromatic rings. The van der Waals surface area contributed by atoms with E-state index in [4.69, 9.17) is 9.47 Å². The number of ether oxygens (including phenoxy) is 2. The first-order chi connectivity index (χ1) is 11.9. The lowest BCUT2D eigenvalue weighted by Gasteiger charge is -2.23. The third-order valence-electron chi connectivity index (χ3n) is 3.32. The van der Waals surface area contributed by atoms with Crippen LogP contribution in [0.4, 0.5) is 4.79 Å². The molecule has 1 saturated heterocycles. The molecule has 1 rings (SSSR count). The van der Waals surface area contributed by atoms with Gasteiger partial charge < -0.3 is 25.0 Å². The highest BCUT2D eigenvalue weighted by atomic mass is 127. The molecule has 0 radical (unpaired) electrons. The van der Waals surface area contributed by atoms with E-state index in [9.17, 15) is 9.59 Å². The predicted molar refractivity (Wildman–Crippen MR) is 117 cm³/mol. The highest BCUT2D eigenvalue weighted by molar-refractivity contribution is 14.0. The first-order valence-electron chi connectivity index (χ1n) is 9.14. The molecule has 0 aliphatic carbocycles. The fourth-order valence-electron chi connectivity index (χ4n) is 2.48. The molecule has 27 heavy (non-hydrogen) atoms. The van der Waals surface area contributed by atoms with Crippen LogP contribution in [0.3, 0.4) is 0 Å². The normalized spacial score (nSPS) is 17.8. The van der Waals surface area contributed by atoms with Crippen LogP contribution < -0.4 is 10.6 Å². The summed E-state index contributed by atoms with van der Waals surface area (Å²) in [6, 6.07) is -0.0183. The second-order valence-electron chi connectivity index (χ2n) is 8.33. The molecule has 1 amide bonds. The molecular weight excluding hydrogens is 463 g/mol. The summed E-state index contributed by atoms with van der Waals surface area (Å²) in [6.45, 7) is 14.9. The van der Waals surface area contributed by atoms with E-state index in [0.29, 0.717) is 19.0 Å². The van der Waals surface area contributed by atoms with Gasteiger partial charge in [-0.1, -0.05) is 0 Å². The maximum absolute atomic E-state index is 11.9. The quantitative estimate of drug-likeness (QED) is 0.268. The van der Waals surface area contributed by atoms with Crippen molar-refractivity contribution in [1.82, 2.24) is 15.5 Å². The van der Waals surface area contributed by atoms with Crippen molar-refractivity contribution in [2.45, 2.75) is 72.1 Å². The number of halogens is 1. The molecular formula is C18H35IN4O4. The van der Waals surface area contributed by atoms with Gasteiger partial charge in [0.2, 0.25) is 0 Å². The molecule has 0 saturated carbocycles. The van der Waals surface area contributed by atoms with Gasteiger partial charge in [0, 0.05) is 19.6 Å². The Bertz CT molecular complexity index is 526. The van der Waals surface area contributed by atoms with Crippen LogP contribution in [0.5, 0.6) is 0 Å². The molecule has 0 spiro atoms. The zero-order valence-electron chi connectivity index (χ0n) is 17.5. The van der Waals surface area contributed by atoms with Gasteiger partial charge in [-0.25, -0.2) is 9.79 Å². The van der Waals surface area contributed by atoms with E-state index in [1.54, 1.807) is 0 Å². The molecule has 0 bridgehead atoms. The fraction of sp³-hybridized carbons (Fsp3) is 0.833. The lowest BCUT2D eigenvalue weighted by atomic mass is 10.2. The molecule has 2 N–H and O–H groups in total. The second kappa shape index (κ2) is 10.9. The average molecular weight is 498 g/mol. The Kier molecular flexibility index (Phi) is 10.4. The second-order valence-corrected chi connectivity index (χ2v) is 8.33. The monoisotopic (exact) mass is 498 g/mol. The number of nitrogens with zero attached hydrogens (tertiary/aromatic N) is 2. The zero-order chi connectivity index (χ0) is 20.0. The first-order valence-corrected chi connectivity index (χ1v) is 9.14. The van der Waals surface area contributed by atoms with E-state index in [2.05, 4.69) is 15.6 Å². The number of esters is 1. The first kappa shape index (κ1) is 25.7. The van der Waals surface area contributed by atoms with Gasteiger partial charge in [-0.15, -0.1) is 24.0 Å². The van der Waals surface area contributed by atoms with Crippen molar-refractivity contribution in [3.8, 4) is 0 Å². The highest BCUT2D eigenvalue weighted by Crippen LogP contribution is 2.12. The maximum atomic E-state index is 11.9. The number of likely N-dealkylation sites (tertiary alicyclic amines) is 1. The molecule has 1 fully saturated rings. The van der Waals surface area contributed by atoms with Crippen molar-refractivity contribution >= 4 is 42.0 Å². The van der Waals surface area contributed by atoms with E-state index in [1.165, 1.54) is 0 Å². The smallest absolute Gasteiger partial charge is 0.407 e. The van der Waals surface area contributed by atoms with E-state index < -0.39 is 17.3 Å². The number of alkyl carbamates (subject to hydrolysis) is 1. The molecule has 0 aromatic heterocycles. The van der Waals surface area contributed by atoms with Crippen molar-refractivity contribution in [2.75, 3.05) is 26.2 Å². The van der Waals surface area contributed by atoms with E-state index in [-0.39, 0.29) is 42.5 Å². The summed E-state index contributed by atoms with van der Waals surface area (Å²) in [6.07, 6.45) is 0.371. The van der Waals surface area contributed by atoms with Gasteiger partial charge in [-0.3, -0.25) is 4.79 Å². The van der Waals surface area contributed by atoms with Gasteiger partial charge in [0.05, 0.1) is 6.04 Å². The Morgan fingerprint density at radius 3 is 2.22 bits per heavy atom. The van der Waals surface area contributed by atoms with Crippen LogP contribution in [-0.2, 0) is 14.3 Å². The molecule has 1 atom stereocenters. The van der Waals surface area contributed by atoms with Gasteiger partial charge in [-0.05, 0) is 54.9 Å². The Morgan fingerprint density at radius 1 is 1.11 bits per heavy atom. The minimum absolute atomic E-state index is 0. The maximum Gasteiger partial charge on any atom is 0.407 e. The molecule has 1 aliphatic heterocycles. The van der Waals surface area contributed by atoms with Crippen molar-refractivity contribution < 1.29 is 19.1 Å². The van der Waals surface area contributed by atoms with Crippen molar-refractivity contribution in [1.29, 1.82) is 0 Å². The Labute approximate surface area is 179 Å². The number of carbonyl (C=O) groups excluding carboxylic acids is 2. The summed E-state index contributed by atoms with van der Waals surface area (Å²) < 4.78 is 10.6. The predicted octanol–water partition coefficient (Wildman–Crippen LogP) is 2.51. The van der Waals surface area contributed by atoms with Crippen LogP contribution in [0.25, 0.3) is 0 Å². The molecule has 8 nitrogen and oxygen atoms in total. The van der Waals surface area contributed by atoms with Gasteiger partial charge in [-0.2, -0.15) is 0 Å². The molecule has 0 aromatic carbocycles. The number of nitrogens with one attached hydrogen (secondary N) is 2. The molecule has 1 aliphatic rings. The number of carbonyl (C=O) groups is 2. The van der Waals surface area contributed by atoms with Crippen LogP contribution >= 0.6 is 24.0 Å².